The van der Waals surface area contributed by atoms with Gasteiger partial charge in [0.15, 0.2) is 0 Å². The molecule has 5 nitrogen and oxygen atoms in total. The van der Waals surface area contributed by atoms with Crippen LogP contribution < -0.4 is 5.32 Å². The van der Waals surface area contributed by atoms with E-state index in [-0.39, 0.29) is 11.9 Å². The molecule has 0 amide bonds. The Labute approximate surface area is 146 Å². The molecule has 0 aromatic heterocycles. The van der Waals surface area contributed by atoms with Gasteiger partial charge in [-0.05, 0) is 29.8 Å². The average Bonchev–Trinajstić information content (AvgIpc) is 2.95. The first-order valence-electron chi connectivity index (χ1n) is 7.99. The van der Waals surface area contributed by atoms with Gasteiger partial charge in [-0.2, -0.15) is 8.42 Å². The Bertz CT molecular complexity index is 796. The minimum atomic E-state index is -3.62. The van der Waals surface area contributed by atoms with E-state index in [9.17, 15) is 12.8 Å². The van der Waals surface area contributed by atoms with Gasteiger partial charge in [0, 0.05) is 18.7 Å². The SMILES string of the molecule is CS(=O)(=O)O[C@@H]1C[C@H](CNc2ccccc2)O[C@@H]1c1ccc(F)cc1. The van der Waals surface area contributed by atoms with Crippen LogP contribution in [0.3, 0.4) is 0 Å². The number of para-hydroxylation sites is 1. The van der Waals surface area contributed by atoms with Crippen molar-refractivity contribution < 1.29 is 21.7 Å². The van der Waals surface area contributed by atoms with Crippen LogP contribution in [0.4, 0.5) is 10.1 Å². The fourth-order valence-corrected chi connectivity index (χ4v) is 3.54. The van der Waals surface area contributed by atoms with Crippen LogP contribution in [0.1, 0.15) is 18.1 Å². The maximum absolute atomic E-state index is 13.1. The molecule has 0 spiro atoms. The van der Waals surface area contributed by atoms with Crippen molar-refractivity contribution in [3.8, 4) is 0 Å². The molecule has 7 heteroatoms. The van der Waals surface area contributed by atoms with Gasteiger partial charge in [-0.15, -0.1) is 0 Å². The van der Waals surface area contributed by atoms with E-state index in [1.807, 2.05) is 30.3 Å². The minimum absolute atomic E-state index is 0.220. The third-order valence-electron chi connectivity index (χ3n) is 3.98. The highest BCUT2D eigenvalue weighted by Crippen LogP contribution is 2.36. The first-order chi connectivity index (χ1) is 11.9. The Morgan fingerprint density at radius 3 is 2.48 bits per heavy atom. The molecule has 3 rings (SSSR count). The number of rotatable bonds is 6. The topological polar surface area (TPSA) is 64.6 Å². The molecule has 25 heavy (non-hydrogen) atoms. The van der Waals surface area contributed by atoms with Crippen molar-refractivity contribution in [2.24, 2.45) is 0 Å². The highest BCUT2D eigenvalue weighted by Gasteiger charge is 2.39. The maximum atomic E-state index is 13.1. The molecule has 0 saturated carbocycles. The van der Waals surface area contributed by atoms with Gasteiger partial charge in [0.1, 0.15) is 18.0 Å². The van der Waals surface area contributed by atoms with Crippen LogP contribution in [-0.4, -0.2) is 33.4 Å². The van der Waals surface area contributed by atoms with Gasteiger partial charge in [-0.3, -0.25) is 4.18 Å². The summed E-state index contributed by atoms with van der Waals surface area (Å²) in [5, 5.41) is 3.26. The number of anilines is 1. The summed E-state index contributed by atoms with van der Waals surface area (Å²) in [6.45, 7) is 0.519. The van der Waals surface area contributed by atoms with Crippen LogP contribution in [0.2, 0.25) is 0 Å². The van der Waals surface area contributed by atoms with Crippen LogP contribution in [0, 0.1) is 5.82 Å². The Morgan fingerprint density at radius 2 is 1.84 bits per heavy atom. The van der Waals surface area contributed by atoms with Crippen LogP contribution in [0.25, 0.3) is 0 Å². The van der Waals surface area contributed by atoms with E-state index in [2.05, 4.69) is 5.32 Å². The second-order valence-electron chi connectivity index (χ2n) is 6.05. The van der Waals surface area contributed by atoms with Gasteiger partial charge in [0.2, 0.25) is 0 Å². The molecule has 1 fully saturated rings. The van der Waals surface area contributed by atoms with E-state index < -0.39 is 22.3 Å². The van der Waals surface area contributed by atoms with E-state index in [1.54, 1.807) is 12.1 Å². The van der Waals surface area contributed by atoms with E-state index >= 15 is 0 Å². The fraction of sp³-hybridized carbons (Fsp3) is 0.333. The zero-order chi connectivity index (χ0) is 17.9. The Balaban J connectivity index is 1.71. The lowest BCUT2D eigenvalue weighted by atomic mass is 10.0. The minimum Gasteiger partial charge on any atom is -0.382 e. The zero-order valence-corrected chi connectivity index (χ0v) is 14.6. The smallest absolute Gasteiger partial charge is 0.264 e. The number of benzene rings is 2. The normalized spacial score (nSPS) is 23.5. The molecule has 1 heterocycles. The van der Waals surface area contributed by atoms with Crippen LogP contribution in [0.15, 0.2) is 54.6 Å². The van der Waals surface area contributed by atoms with Crippen LogP contribution >= 0.6 is 0 Å². The van der Waals surface area contributed by atoms with E-state index in [0.29, 0.717) is 18.5 Å². The molecule has 0 radical (unpaired) electrons. The summed E-state index contributed by atoms with van der Waals surface area (Å²) in [6.07, 6.45) is 0.0297. The average molecular weight is 365 g/mol. The molecule has 2 aromatic rings. The second-order valence-corrected chi connectivity index (χ2v) is 7.65. The Morgan fingerprint density at radius 1 is 1.16 bits per heavy atom. The van der Waals surface area contributed by atoms with E-state index in [0.717, 1.165) is 11.9 Å². The largest absolute Gasteiger partial charge is 0.382 e. The molecule has 3 atom stereocenters. The van der Waals surface area contributed by atoms with Crippen molar-refractivity contribution in [3.05, 3.63) is 66.0 Å². The lowest BCUT2D eigenvalue weighted by Crippen LogP contribution is -2.21. The summed E-state index contributed by atoms with van der Waals surface area (Å²) in [7, 11) is -3.62. The van der Waals surface area contributed by atoms with Gasteiger partial charge < -0.3 is 10.1 Å². The van der Waals surface area contributed by atoms with Gasteiger partial charge >= 0.3 is 0 Å². The standard InChI is InChI=1S/C18H20FNO4S/c1-25(21,22)24-17-11-16(12-20-15-5-3-2-4-6-15)23-18(17)13-7-9-14(19)10-8-13/h2-10,16-18,20H,11-12H2,1H3/t16-,17-,18-/m1/s1. The predicted octanol–water partition coefficient (Wildman–Crippen LogP) is 3.11. The van der Waals surface area contributed by atoms with Crippen molar-refractivity contribution in [1.29, 1.82) is 0 Å². The Kier molecular flexibility index (Phi) is 5.36. The molecule has 0 bridgehead atoms. The highest BCUT2D eigenvalue weighted by molar-refractivity contribution is 7.86. The monoisotopic (exact) mass is 365 g/mol. The molecule has 2 aromatic carbocycles. The second kappa shape index (κ2) is 7.51. The molecule has 0 aliphatic carbocycles. The van der Waals surface area contributed by atoms with Gasteiger partial charge in [0.25, 0.3) is 10.1 Å². The van der Waals surface area contributed by atoms with Crippen LogP contribution in [-0.2, 0) is 19.0 Å². The third-order valence-corrected chi connectivity index (χ3v) is 4.57. The number of hydrogen-bond acceptors (Lipinski definition) is 5. The quantitative estimate of drug-likeness (QED) is 0.797. The zero-order valence-electron chi connectivity index (χ0n) is 13.8. The molecular formula is C18H20FNO4S. The number of ether oxygens (including phenoxy) is 1. The van der Waals surface area contributed by atoms with E-state index in [4.69, 9.17) is 8.92 Å². The fourth-order valence-electron chi connectivity index (χ4n) is 2.91. The lowest BCUT2D eigenvalue weighted by Gasteiger charge is -2.18. The van der Waals surface area contributed by atoms with Gasteiger partial charge in [-0.1, -0.05) is 30.3 Å². The van der Waals surface area contributed by atoms with Crippen molar-refractivity contribution in [2.45, 2.75) is 24.7 Å². The van der Waals surface area contributed by atoms with Crippen LogP contribution in [0.5, 0.6) is 0 Å². The van der Waals surface area contributed by atoms with Crippen molar-refractivity contribution in [1.82, 2.24) is 0 Å². The van der Waals surface area contributed by atoms with Crippen molar-refractivity contribution in [2.75, 3.05) is 18.1 Å². The van der Waals surface area contributed by atoms with E-state index in [1.165, 1.54) is 12.1 Å². The van der Waals surface area contributed by atoms with Crippen molar-refractivity contribution in [3.63, 3.8) is 0 Å². The number of halogens is 1. The number of hydrogen-bond donors (Lipinski definition) is 1. The molecule has 134 valence electrons. The lowest BCUT2D eigenvalue weighted by molar-refractivity contribution is 0.0222. The summed E-state index contributed by atoms with van der Waals surface area (Å²) in [4.78, 5) is 0. The van der Waals surface area contributed by atoms with Gasteiger partial charge in [-0.25, -0.2) is 4.39 Å². The molecule has 1 N–H and O–H groups in total. The maximum Gasteiger partial charge on any atom is 0.264 e. The third kappa shape index (κ3) is 5.01. The van der Waals surface area contributed by atoms with Crippen molar-refractivity contribution >= 4 is 15.8 Å². The van der Waals surface area contributed by atoms with Gasteiger partial charge in [0.05, 0.1) is 12.4 Å². The summed E-state index contributed by atoms with van der Waals surface area (Å²) < 4.78 is 47.4. The molecule has 0 unspecified atom stereocenters. The molecule has 1 aliphatic rings. The summed E-state index contributed by atoms with van der Waals surface area (Å²) in [6, 6.07) is 15.5. The molecule has 1 saturated heterocycles. The highest BCUT2D eigenvalue weighted by atomic mass is 32.2. The summed E-state index contributed by atoms with van der Waals surface area (Å²) >= 11 is 0. The summed E-state index contributed by atoms with van der Waals surface area (Å²) in [5.74, 6) is -0.357. The number of nitrogens with one attached hydrogen (secondary N) is 1. The predicted molar refractivity (Wildman–Crippen MR) is 93.3 cm³/mol. The Hall–Kier alpha value is -1.96. The first-order valence-corrected chi connectivity index (χ1v) is 9.80. The first kappa shape index (κ1) is 17.8. The molecule has 1 aliphatic heterocycles. The summed E-state index contributed by atoms with van der Waals surface area (Å²) in [5.41, 5.74) is 1.65. The molecular weight excluding hydrogens is 345 g/mol.